The first-order chi connectivity index (χ1) is 17.3. The quantitative estimate of drug-likeness (QED) is 0.209. The van der Waals surface area contributed by atoms with Gasteiger partial charge in [0.25, 0.3) is 0 Å². The molecule has 2 aromatic carbocycles. The van der Waals surface area contributed by atoms with Crippen LogP contribution in [0, 0.1) is 12.8 Å². The van der Waals surface area contributed by atoms with Gasteiger partial charge in [0, 0.05) is 29.1 Å². The molecule has 3 unspecified atom stereocenters. The van der Waals surface area contributed by atoms with E-state index < -0.39 is 17.7 Å². The highest BCUT2D eigenvalue weighted by molar-refractivity contribution is 7.21. The molecular weight excluding hydrogens is 521 g/mol. The van der Waals surface area contributed by atoms with Gasteiger partial charge in [-0.05, 0) is 55.7 Å². The number of rotatable bonds is 7. The fraction of sp³-hybridized carbons (Fsp3) is 0.320. The molecule has 8 nitrogen and oxygen atoms in total. The van der Waals surface area contributed by atoms with Gasteiger partial charge in [-0.1, -0.05) is 35.3 Å². The van der Waals surface area contributed by atoms with Crippen molar-refractivity contribution in [1.82, 2.24) is 15.0 Å². The van der Waals surface area contributed by atoms with Crippen molar-refractivity contribution in [1.29, 1.82) is 0 Å². The number of nitrogens with zero attached hydrogens (tertiary/aromatic N) is 3. The van der Waals surface area contributed by atoms with Crippen LogP contribution in [0.15, 0.2) is 42.5 Å². The van der Waals surface area contributed by atoms with Gasteiger partial charge in [-0.25, -0.2) is 9.97 Å². The van der Waals surface area contributed by atoms with E-state index in [1.807, 2.05) is 31.2 Å². The van der Waals surface area contributed by atoms with Gasteiger partial charge < -0.3 is 26.0 Å². The number of hydrogen-bond acceptors (Lipinski definition) is 9. The van der Waals surface area contributed by atoms with Gasteiger partial charge in [-0.3, -0.25) is 0 Å². The van der Waals surface area contributed by atoms with E-state index in [1.165, 1.54) is 11.3 Å². The van der Waals surface area contributed by atoms with Crippen LogP contribution in [-0.2, 0) is 6.54 Å². The third-order valence-corrected chi connectivity index (χ3v) is 7.86. The minimum Gasteiger partial charge on any atom is -0.396 e. The van der Waals surface area contributed by atoms with Crippen LogP contribution in [-0.4, -0.2) is 48.7 Å². The highest BCUT2D eigenvalue weighted by Gasteiger charge is 2.47. The predicted molar refractivity (Wildman–Crippen MR) is 144 cm³/mol. The lowest BCUT2D eigenvalue weighted by Crippen LogP contribution is -2.48. The van der Waals surface area contributed by atoms with Gasteiger partial charge in [0.2, 0.25) is 5.95 Å². The maximum absolute atomic E-state index is 11.3. The molecule has 36 heavy (non-hydrogen) atoms. The Morgan fingerprint density at radius 3 is 2.56 bits per heavy atom. The number of aliphatic hydroxyl groups is 3. The molecule has 188 valence electrons. The summed E-state index contributed by atoms with van der Waals surface area (Å²) in [7, 11) is 0. The smallest absolute Gasteiger partial charge is 0.225 e. The minimum atomic E-state index is -1.66. The highest BCUT2D eigenvalue weighted by atomic mass is 35.5. The van der Waals surface area contributed by atoms with Crippen molar-refractivity contribution in [2.75, 3.05) is 17.2 Å². The summed E-state index contributed by atoms with van der Waals surface area (Å²) in [4.78, 5) is 14.1. The number of para-hydroxylation sites is 1. The van der Waals surface area contributed by atoms with Crippen molar-refractivity contribution in [2.24, 2.45) is 5.92 Å². The Labute approximate surface area is 222 Å². The Hall–Kier alpha value is -2.53. The predicted octanol–water partition coefficient (Wildman–Crippen LogP) is 4.84. The summed E-state index contributed by atoms with van der Waals surface area (Å²) in [6.45, 7) is 2.01. The van der Waals surface area contributed by atoms with E-state index in [0.29, 0.717) is 51.0 Å². The average molecular weight is 546 g/mol. The molecular formula is C25H25Cl2N5O3S. The second-order valence-corrected chi connectivity index (χ2v) is 10.9. The second-order valence-electron chi connectivity index (χ2n) is 8.95. The third kappa shape index (κ3) is 5.00. The molecule has 2 aromatic heterocycles. The zero-order valence-electron chi connectivity index (χ0n) is 19.4. The van der Waals surface area contributed by atoms with Gasteiger partial charge in [-0.2, -0.15) is 4.98 Å². The number of aliphatic hydroxyl groups excluding tert-OH is 2. The summed E-state index contributed by atoms with van der Waals surface area (Å²) in [5.41, 5.74) is 1.34. The number of halogens is 2. The van der Waals surface area contributed by atoms with Crippen LogP contribution < -0.4 is 10.6 Å². The van der Waals surface area contributed by atoms with E-state index in [4.69, 9.17) is 28.2 Å². The van der Waals surface area contributed by atoms with Crippen LogP contribution in [0.4, 0.5) is 11.8 Å². The molecule has 2 heterocycles. The Kier molecular flexibility index (Phi) is 7.04. The number of aryl methyl sites for hydroxylation is 1. The summed E-state index contributed by atoms with van der Waals surface area (Å²) < 4.78 is 1.01. The molecule has 0 spiro atoms. The molecule has 3 atom stereocenters. The molecule has 0 aliphatic heterocycles. The van der Waals surface area contributed by atoms with Gasteiger partial charge in [0.1, 0.15) is 16.9 Å². The number of anilines is 2. The molecule has 1 aliphatic rings. The maximum Gasteiger partial charge on any atom is 0.225 e. The first-order valence-electron chi connectivity index (χ1n) is 11.5. The molecule has 1 fully saturated rings. The molecule has 11 heteroatoms. The lowest BCUT2D eigenvalue weighted by atomic mass is 10.0. The Morgan fingerprint density at radius 2 is 1.86 bits per heavy atom. The second kappa shape index (κ2) is 10.1. The number of aromatic nitrogens is 3. The number of thiazole rings is 1. The van der Waals surface area contributed by atoms with E-state index in [-0.39, 0.29) is 13.0 Å². The van der Waals surface area contributed by atoms with E-state index in [9.17, 15) is 15.3 Å². The number of benzene rings is 2. The van der Waals surface area contributed by atoms with Gasteiger partial charge >= 0.3 is 0 Å². The van der Waals surface area contributed by atoms with E-state index in [1.54, 1.807) is 18.2 Å². The molecule has 5 N–H and O–H groups in total. The van der Waals surface area contributed by atoms with Crippen LogP contribution in [0.5, 0.6) is 0 Å². The van der Waals surface area contributed by atoms with Crippen LogP contribution in [0.1, 0.15) is 24.1 Å². The van der Waals surface area contributed by atoms with Crippen molar-refractivity contribution in [3.8, 4) is 10.6 Å². The summed E-state index contributed by atoms with van der Waals surface area (Å²) in [6, 6.07) is 13.1. The SMILES string of the molecule is Cc1nc(NCc2cc(Cl)cc(Cl)c2)nc(NC2(O)CCC(CO)C2O)c1-c1nc2ccccc2s1. The summed E-state index contributed by atoms with van der Waals surface area (Å²) >= 11 is 13.7. The topological polar surface area (TPSA) is 123 Å². The fourth-order valence-electron chi connectivity index (χ4n) is 4.51. The van der Waals surface area contributed by atoms with Gasteiger partial charge in [0.05, 0.1) is 21.5 Å². The molecule has 5 rings (SSSR count). The third-order valence-electron chi connectivity index (χ3n) is 6.37. The van der Waals surface area contributed by atoms with E-state index in [0.717, 1.165) is 15.8 Å². The monoisotopic (exact) mass is 545 g/mol. The molecule has 1 saturated carbocycles. The van der Waals surface area contributed by atoms with Gasteiger partial charge in [0.15, 0.2) is 5.72 Å². The maximum atomic E-state index is 11.3. The molecule has 1 aliphatic carbocycles. The van der Waals surface area contributed by atoms with Crippen molar-refractivity contribution < 1.29 is 15.3 Å². The molecule has 0 saturated heterocycles. The number of fused-ring (bicyclic) bond motifs is 1. The molecule has 0 bridgehead atoms. The lowest BCUT2D eigenvalue weighted by molar-refractivity contribution is -0.0545. The van der Waals surface area contributed by atoms with E-state index >= 15 is 0 Å². The van der Waals surface area contributed by atoms with Crippen LogP contribution in [0.25, 0.3) is 20.8 Å². The largest absolute Gasteiger partial charge is 0.396 e. The first-order valence-corrected chi connectivity index (χ1v) is 13.1. The van der Waals surface area contributed by atoms with Crippen molar-refractivity contribution in [3.05, 3.63) is 63.8 Å². The fourth-order valence-corrected chi connectivity index (χ4v) is 6.14. The molecule has 0 radical (unpaired) electrons. The zero-order chi connectivity index (χ0) is 25.4. The number of hydrogen-bond donors (Lipinski definition) is 5. The van der Waals surface area contributed by atoms with Gasteiger partial charge in [-0.15, -0.1) is 11.3 Å². The first kappa shape index (κ1) is 25.1. The standard InChI is InChI=1S/C25H25Cl2N5O3S/c1-13-20(23-30-18-4-2-3-5-19(18)36-23)22(32-25(35)7-6-15(12-33)21(25)34)31-24(29-13)28-11-14-8-16(26)10-17(27)9-14/h2-5,8-10,15,21,33-35H,6-7,11-12H2,1H3,(H2,28,29,31,32). The minimum absolute atomic E-state index is 0.215. The normalized spacial score (nSPS) is 21.7. The van der Waals surface area contributed by atoms with E-state index in [2.05, 4.69) is 20.6 Å². The summed E-state index contributed by atoms with van der Waals surface area (Å²) in [6.07, 6.45) is -0.431. The highest BCUT2D eigenvalue weighted by Crippen LogP contribution is 2.40. The van der Waals surface area contributed by atoms with Crippen LogP contribution in [0.3, 0.4) is 0 Å². The Bertz CT molecular complexity index is 1360. The Balaban J connectivity index is 1.53. The molecule has 4 aromatic rings. The number of nitrogens with one attached hydrogen (secondary N) is 2. The zero-order valence-corrected chi connectivity index (χ0v) is 21.7. The Morgan fingerprint density at radius 1 is 1.11 bits per heavy atom. The van der Waals surface area contributed by atoms with Crippen molar-refractivity contribution >= 4 is 56.5 Å². The summed E-state index contributed by atoms with van der Waals surface area (Å²) in [5.74, 6) is 0.237. The van der Waals surface area contributed by atoms with Crippen molar-refractivity contribution in [3.63, 3.8) is 0 Å². The molecule has 0 amide bonds. The average Bonchev–Trinajstić information content (AvgIpc) is 3.37. The lowest BCUT2D eigenvalue weighted by Gasteiger charge is -2.31. The van der Waals surface area contributed by atoms with Crippen molar-refractivity contribution in [2.45, 2.75) is 38.1 Å². The van der Waals surface area contributed by atoms with Crippen LogP contribution >= 0.6 is 34.5 Å². The van der Waals surface area contributed by atoms with Crippen LogP contribution in [0.2, 0.25) is 10.0 Å². The summed E-state index contributed by atoms with van der Waals surface area (Å²) in [5, 5.41) is 39.6.